The van der Waals surface area contributed by atoms with E-state index >= 15 is 0 Å². The first kappa shape index (κ1) is 32.7. The molecule has 12 heteroatoms. The van der Waals surface area contributed by atoms with Crippen LogP contribution in [0.4, 0.5) is 35.9 Å². The summed E-state index contributed by atoms with van der Waals surface area (Å²) in [5.74, 6) is 0.0622. The Kier molecular flexibility index (Phi) is 9.80. The molecular formula is C32H33F6N3O3. The van der Waals surface area contributed by atoms with Crippen LogP contribution in [-0.4, -0.2) is 53.5 Å². The number of carbonyl (C=O) groups excluding carboxylic acids is 2. The minimum absolute atomic E-state index is 0.0559. The molecule has 0 aliphatic carbocycles. The summed E-state index contributed by atoms with van der Waals surface area (Å²) < 4.78 is 86.0. The van der Waals surface area contributed by atoms with Crippen molar-refractivity contribution in [2.24, 2.45) is 0 Å². The quantitative estimate of drug-likeness (QED) is 0.262. The fourth-order valence-corrected chi connectivity index (χ4v) is 5.27. The van der Waals surface area contributed by atoms with Gasteiger partial charge in [-0.05, 0) is 46.4 Å². The van der Waals surface area contributed by atoms with Crippen LogP contribution in [0.25, 0.3) is 0 Å². The van der Waals surface area contributed by atoms with Crippen LogP contribution < -0.4 is 0 Å². The minimum Gasteiger partial charge on any atom is -0.445 e. The van der Waals surface area contributed by atoms with E-state index in [2.05, 4.69) is 0 Å². The molecule has 0 saturated carbocycles. The number of piperazine rings is 1. The molecule has 4 rings (SSSR count). The van der Waals surface area contributed by atoms with Gasteiger partial charge in [-0.3, -0.25) is 0 Å². The van der Waals surface area contributed by atoms with Gasteiger partial charge in [-0.25, -0.2) is 9.59 Å². The number of amides is 3. The third kappa shape index (κ3) is 7.83. The third-order valence-electron chi connectivity index (χ3n) is 7.46. The van der Waals surface area contributed by atoms with E-state index in [0.717, 1.165) is 21.6 Å². The van der Waals surface area contributed by atoms with E-state index in [-0.39, 0.29) is 43.8 Å². The second-order valence-corrected chi connectivity index (χ2v) is 11.0. The zero-order valence-corrected chi connectivity index (χ0v) is 24.5. The van der Waals surface area contributed by atoms with E-state index in [4.69, 9.17) is 4.74 Å². The van der Waals surface area contributed by atoms with E-state index < -0.39 is 48.2 Å². The van der Waals surface area contributed by atoms with Crippen LogP contribution in [0.2, 0.25) is 0 Å². The van der Waals surface area contributed by atoms with Gasteiger partial charge in [-0.15, -0.1) is 0 Å². The van der Waals surface area contributed by atoms with Crippen molar-refractivity contribution < 1.29 is 40.7 Å². The second-order valence-electron chi connectivity index (χ2n) is 11.0. The van der Waals surface area contributed by atoms with Crippen LogP contribution in [0.1, 0.15) is 59.2 Å². The number of nitrogens with zero attached hydrogens (tertiary/aromatic N) is 3. The highest BCUT2D eigenvalue weighted by Crippen LogP contribution is 2.37. The second kappa shape index (κ2) is 13.2. The summed E-state index contributed by atoms with van der Waals surface area (Å²) in [5.41, 5.74) is -0.691. The third-order valence-corrected chi connectivity index (χ3v) is 7.46. The first-order valence-electron chi connectivity index (χ1n) is 14.0. The van der Waals surface area contributed by atoms with Crippen LogP contribution in [0.15, 0.2) is 72.8 Å². The number of urea groups is 1. The maximum Gasteiger partial charge on any atom is 0.416 e. The number of hydrogen-bond donors (Lipinski definition) is 0. The predicted molar refractivity (Wildman–Crippen MR) is 151 cm³/mol. The van der Waals surface area contributed by atoms with Gasteiger partial charge in [0, 0.05) is 33.2 Å². The number of benzene rings is 3. The predicted octanol–water partition coefficient (Wildman–Crippen LogP) is 8.10. The summed E-state index contributed by atoms with van der Waals surface area (Å²) in [4.78, 5) is 30.9. The Hall–Kier alpha value is -4.22. The summed E-state index contributed by atoms with van der Waals surface area (Å²) in [5, 5.41) is 0. The molecule has 0 spiro atoms. The van der Waals surface area contributed by atoms with Crippen LogP contribution >= 0.6 is 0 Å². The Balaban J connectivity index is 1.59. The standard InChI is InChI=1S/C32H33F6N3O3/c1-21(2)26-11-7-8-12-27(26)28-19-40(30(43)44-20-22-9-5-4-6-10-22)13-14-41(28)29(42)39(3)18-23-15-24(31(33,34)35)17-25(16-23)32(36,37)38/h4-12,15-17,21,28H,13-14,18-20H2,1-3H3. The van der Waals surface area contributed by atoms with Crippen molar-refractivity contribution in [1.82, 2.24) is 14.7 Å². The van der Waals surface area contributed by atoms with Gasteiger partial charge in [0.2, 0.25) is 0 Å². The molecule has 0 bridgehead atoms. The van der Waals surface area contributed by atoms with Gasteiger partial charge in [0.15, 0.2) is 0 Å². The van der Waals surface area contributed by atoms with E-state index in [1.54, 1.807) is 0 Å². The van der Waals surface area contributed by atoms with E-state index in [1.807, 2.05) is 68.4 Å². The van der Waals surface area contributed by atoms with Gasteiger partial charge in [-0.1, -0.05) is 68.4 Å². The Labute approximate surface area is 251 Å². The van der Waals surface area contributed by atoms with E-state index in [9.17, 15) is 35.9 Å². The van der Waals surface area contributed by atoms with Crippen molar-refractivity contribution in [2.75, 3.05) is 26.7 Å². The van der Waals surface area contributed by atoms with E-state index in [1.165, 1.54) is 16.8 Å². The molecule has 3 amide bonds. The zero-order valence-electron chi connectivity index (χ0n) is 24.5. The molecule has 1 saturated heterocycles. The molecule has 1 atom stereocenters. The lowest BCUT2D eigenvalue weighted by Crippen LogP contribution is -2.55. The molecule has 44 heavy (non-hydrogen) atoms. The Morgan fingerprint density at radius 2 is 1.45 bits per heavy atom. The molecule has 0 N–H and O–H groups in total. The number of hydrogen-bond acceptors (Lipinski definition) is 3. The largest absolute Gasteiger partial charge is 0.445 e. The van der Waals surface area contributed by atoms with Gasteiger partial charge in [0.05, 0.1) is 17.2 Å². The number of alkyl halides is 6. The summed E-state index contributed by atoms with van der Waals surface area (Å²) >= 11 is 0. The number of ether oxygens (including phenoxy) is 1. The SMILES string of the molecule is CC(C)c1ccccc1C1CN(C(=O)OCc2ccccc2)CCN1C(=O)N(C)Cc1cc(C(F)(F)F)cc(C(F)(F)F)c1. The number of rotatable bonds is 6. The van der Waals surface area contributed by atoms with Crippen molar-refractivity contribution in [2.45, 2.75) is 51.3 Å². The topological polar surface area (TPSA) is 53.1 Å². The van der Waals surface area contributed by atoms with Crippen LogP contribution in [0.3, 0.4) is 0 Å². The smallest absolute Gasteiger partial charge is 0.416 e. The normalized spacial score (nSPS) is 15.8. The average Bonchev–Trinajstić information content (AvgIpc) is 2.98. The molecule has 1 heterocycles. The van der Waals surface area contributed by atoms with Gasteiger partial charge in [0.1, 0.15) is 6.61 Å². The monoisotopic (exact) mass is 621 g/mol. The minimum atomic E-state index is -5.00. The van der Waals surface area contributed by atoms with Crippen molar-refractivity contribution in [3.05, 3.63) is 106 Å². The fraction of sp³-hybridized carbons (Fsp3) is 0.375. The van der Waals surface area contributed by atoms with Gasteiger partial charge in [-0.2, -0.15) is 26.3 Å². The van der Waals surface area contributed by atoms with Crippen LogP contribution in [0, 0.1) is 0 Å². The molecule has 1 fully saturated rings. The highest BCUT2D eigenvalue weighted by molar-refractivity contribution is 5.76. The molecule has 3 aromatic rings. The molecule has 6 nitrogen and oxygen atoms in total. The van der Waals surface area contributed by atoms with E-state index in [0.29, 0.717) is 12.1 Å². The Bertz CT molecular complexity index is 1430. The molecule has 1 unspecified atom stereocenters. The highest BCUT2D eigenvalue weighted by atomic mass is 19.4. The molecule has 1 aliphatic rings. The summed E-state index contributed by atoms with van der Waals surface area (Å²) in [6.07, 6.45) is -10.6. The van der Waals surface area contributed by atoms with Gasteiger partial charge < -0.3 is 19.4 Å². The maximum atomic E-state index is 13.8. The van der Waals surface area contributed by atoms with Crippen molar-refractivity contribution >= 4 is 12.1 Å². The lowest BCUT2D eigenvalue weighted by Gasteiger charge is -2.43. The zero-order chi connectivity index (χ0) is 32.2. The summed E-state index contributed by atoms with van der Waals surface area (Å²) in [6, 6.07) is 16.6. The number of halogens is 6. The number of carbonyl (C=O) groups is 2. The Morgan fingerprint density at radius 3 is 2.05 bits per heavy atom. The Morgan fingerprint density at radius 1 is 0.864 bits per heavy atom. The molecule has 3 aromatic carbocycles. The van der Waals surface area contributed by atoms with Crippen LogP contribution in [-0.2, 0) is 30.2 Å². The average molecular weight is 622 g/mol. The molecule has 0 aromatic heterocycles. The van der Waals surface area contributed by atoms with Crippen LogP contribution in [0.5, 0.6) is 0 Å². The molecular weight excluding hydrogens is 588 g/mol. The maximum absolute atomic E-state index is 13.8. The highest BCUT2D eigenvalue weighted by Gasteiger charge is 2.39. The van der Waals surface area contributed by atoms with Crippen molar-refractivity contribution in [3.63, 3.8) is 0 Å². The summed E-state index contributed by atoms with van der Waals surface area (Å²) in [7, 11) is 1.32. The molecule has 1 aliphatic heterocycles. The lowest BCUT2D eigenvalue weighted by molar-refractivity contribution is -0.143. The summed E-state index contributed by atoms with van der Waals surface area (Å²) in [6.45, 7) is 3.80. The lowest BCUT2D eigenvalue weighted by atomic mass is 9.91. The first-order valence-corrected chi connectivity index (χ1v) is 14.0. The van der Waals surface area contributed by atoms with Gasteiger partial charge in [0.25, 0.3) is 0 Å². The van der Waals surface area contributed by atoms with Crippen molar-refractivity contribution in [1.29, 1.82) is 0 Å². The van der Waals surface area contributed by atoms with Gasteiger partial charge >= 0.3 is 24.5 Å². The molecule has 236 valence electrons. The fourth-order valence-electron chi connectivity index (χ4n) is 5.27. The first-order chi connectivity index (χ1) is 20.6. The molecule has 0 radical (unpaired) electrons. The van der Waals surface area contributed by atoms with Crippen molar-refractivity contribution in [3.8, 4) is 0 Å².